The maximum Gasteiger partial charge on any atom is 0.317 e. The van der Waals surface area contributed by atoms with Gasteiger partial charge in [-0.25, -0.2) is 4.79 Å². The average Bonchev–Trinajstić information content (AvgIpc) is 2.78. The molecule has 0 aromatic heterocycles. The molecule has 0 saturated carbocycles. The van der Waals surface area contributed by atoms with Crippen LogP contribution in [0.4, 0.5) is 4.79 Å². The summed E-state index contributed by atoms with van der Waals surface area (Å²) in [5.74, 6) is 1.22. The molecule has 2 aliphatic rings. The van der Waals surface area contributed by atoms with Crippen molar-refractivity contribution in [2.24, 2.45) is 5.92 Å². The Morgan fingerprint density at radius 2 is 1.83 bits per heavy atom. The van der Waals surface area contributed by atoms with Gasteiger partial charge in [0, 0.05) is 38.6 Å². The molecule has 0 unspecified atom stereocenters. The normalized spacial score (nSPS) is 22.2. The lowest BCUT2D eigenvalue weighted by atomic mass is 9.83. The summed E-state index contributed by atoms with van der Waals surface area (Å²) in [6.45, 7) is 5.80. The highest BCUT2D eigenvalue weighted by Crippen LogP contribution is 2.36. The molecule has 2 aliphatic heterocycles. The molecule has 3 amide bonds. The van der Waals surface area contributed by atoms with Crippen molar-refractivity contribution < 1.29 is 23.8 Å². The number of amides is 3. The van der Waals surface area contributed by atoms with E-state index in [0.29, 0.717) is 63.9 Å². The van der Waals surface area contributed by atoms with Crippen molar-refractivity contribution in [2.75, 3.05) is 60.2 Å². The van der Waals surface area contributed by atoms with Crippen molar-refractivity contribution >= 4 is 11.9 Å². The maximum absolute atomic E-state index is 13.1. The van der Waals surface area contributed by atoms with Crippen molar-refractivity contribution in [1.82, 2.24) is 15.1 Å². The van der Waals surface area contributed by atoms with E-state index in [9.17, 15) is 9.59 Å². The number of carbonyl (C=O) groups is 2. The van der Waals surface area contributed by atoms with Crippen LogP contribution in [-0.2, 0) is 9.53 Å². The lowest BCUT2D eigenvalue weighted by Gasteiger charge is -2.40. The average molecular weight is 405 g/mol. The van der Waals surface area contributed by atoms with Gasteiger partial charge in [-0.05, 0) is 31.0 Å². The summed E-state index contributed by atoms with van der Waals surface area (Å²) in [6.07, 6.45) is 0.696. The Kier molecular flexibility index (Phi) is 7.19. The lowest BCUT2D eigenvalue weighted by molar-refractivity contribution is -0.141. The number of piperidine rings is 1. The topological polar surface area (TPSA) is 80.3 Å². The largest absolute Gasteiger partial charge is 0.493 e. The van der Waals surface area contributed by atoms with Crippen LogP contribution in [0.1, 0.15) is 24.8 Å². The third kappa shape index (κ3) is 4.93. The Hall–Kier alpha value is -2.48. The highest BCUT2D eigenvalue weighted by molar-refractivity contribution is 5.81. The van der Waals surface area contributed by atoms with Crippen LogP contribution < -0.4 is 14.8 Å². The minimum Gasteiger partial charge on any atom is -0.493 e. The number of hydrogen-bond donors (Lipinski definition) is 1. The predicted molar refractivity (Wildman–Crippen MR) is 108 cm³/mol. The van der Waals surface area contributed by atoms with E-state index < -0.39 is 0 Å². The van der Waals surface area contributed by atoms with E-state index in [1.165, 1.54) is 0 Å². The van der Waals surface area contributed by atoms with Crippen LogP contribution in [0.5, 0.6) is 11.5 Å². The quantitative estimate of drug-likeness (QED) is 0.807. The first-order chi connectivity index (χ1) is 14.1. The van der Waals surface area contributed by atoms with Gasteiger partial charge in [-0.3, -0.25) is 4.79 Å². The van der Waals surface area contributed by atoms with Crippen LogP contribution in [-0.4, -0.2) is 81.9 Å². The van der Waals surface area contributed by atoms with Crippen molar-refractivity contribution in [3.63, 3.8) is 0 Å². The fourth-order valence-electron chi connectivity index (χ4n) is 4.10. The molecule has 2 atom stereocenters. The summed E-state index contributed by atoms with van der Waals surface area (Å²) in [7, 11) is 3.21. The first-order valence-corrected chi connectivity index (χ1v) is 10.2. The van der Waals surface area contributed by atoms with E-state index >= 15 is 0 Å². The van der Waals surface area contributed by atoms with Gasteiger partial charge in [-0.15, -0.1) is 0 Å². The molecule has 8 nitrogen and oxygen atoms in total. The molecule has 3 rings (SSSR count). The molecule has 0 radical (unpaired) electrons. The van der Waals surface area contributed by atoms with Gasteiger partial charge < -0.3 is 29.3 Å². The molecule has 8 heteroatoms. The molecule has 29 heavy (non-hydrogen) atoms. The van der Waals surface area contributed by atoms with Gasteiger partial charge in [0.15, 0.2) is 11.5 Å². The van der Waals surface area contributed by atoms with E-state index in [2.05, 4.69) is 5.32 Å². The molecule has 160 valence electrons. The third-order valence-corrected chi connectivity index (χ3v) is 5.62. The zero-order valence-corrected chi connectivity index (χ0v) is 17.5. The second-order valence-corrected chi connectivity index (χ2v) is 7.42. The van der Waals surface area contributed by atoms with E-state index in [1.807, 2.05) is 30.0 Å². The summed E-state index contributed by atoms with van der Waals surface area (Å²) < 4.78 is 16.2. The van der Waals surface area contributed by atoms with Crippen LogP contribution in [0, 0.1) is 5.92 Å². The molecular formula is C21H31N3O5. The molecule has 0 bridgehead atoms. The lowest BCUT2D eigenvalue weighted by Crippen LogP contribution is -2.53. The molecule has 2 heterocycles. The number of nitrogens with one attached hydrogen (secondary N) is 1. The van der Waals surface area contributed by atoms with Gasteiger partial charge in [0.2, 0.25) is 5.91 Å². The maximum atomic E-state index is 13.1. The highest BCUT2D eigenvalue weighted by atomic mass is 16.5. The molecular weight excluding hydrogens is 374 g/mol. The van der Waals surface area contributed by atoms with Crippen LogP contribution in [0.25, 0.3) is 0 Å². The Balaban J connectivity index is 1.83. The predicted octanol–water partition coefficient (Wildman–Crippen LogP) is 1.70. The van der Waals surface area contributed by atoms with Crippen molar-refractivity contribution in [3.8, 4) is 11.5 Å². The number of nitrogens with zero attached hydrogens (tertiary/aromatic N) is 2. The fraction of sp³-hybridized carbons (Fsp3) is 0.619. The summed E-state index contributed by atoms with van der Waals surface area (Å²) in [5.41, 5.74) is 1.04. The summed E-state index contributed by atoms with van der Waals surface area (Å²) in [4.78, 5) is 29.3. The molecule has 2 fully saturated rings. The zero-order chi connectivity index (χ0) is 20.8. The minimum absolute atomic E-state index is 0.0427. The van der Waals surface area contributed by atoms with Gasteiger partial charge >= 0.3 is 6.03 Å². The smallest absolute Gasteiger partial charge is 0.317 e. The van der Waals surface area contributed by atoms with E-state index in [0.717, 1.165) is 5.56 Å². The number of rotatable bonds is 5. The van der Waals surface area contributed by atoms with E-state index in [1.54, 1.807) is 19.1 Å². The van der Waals surface area contributed by atoms with Crippen LogP contribution in [0.15, 0.2) is 18.2 Å². The molecule has 0 spiro atoms. The monoisotopic (exact) mass is 405 g/mol. The van der Waals surface area contributed by atoms with Crippen molar-refractivity contribution in [3.05, 3.63) is 23.8 Å². The van der Waals surface area contributed by atoms with E-state index in [4.69, 9.17) is 14.2 Å². The van der Waals surface area contributed by atoms with Crippen molar-refractivity contribution in [2.45, 2.75) is 19.3 Å². The number of methoxy groups -OCH3 is 2. The number of likely N-dealkylation sites (tertiary alicyclic amines) is 1. The highest BCUT2D eigenvalue weighted by Gasteiger charge is 2.37. The third-order valence-electron chi connectivity index (χ3n) is 5.62. The Labute approximate surface area is 172 Å². The Morgan fingerprint density at radius 1 is 1.10 bits per heavy atom. The van der Waals surface area contributed by atoms with Gasteiger partial charge in [0.05, 0.1) is 33.4 Å². The van der Waals surface area contributed by atoms with E-state index in [-0.39, 0.29) is 23.8 Å². The van der Waals surface area contributed by atoms with Gasteiger partial charge in [0.1, 0.15) is 0 Å². The summed E-state index contributed by atoms with van der Waals surface area (Å²) in [5, 5.41) is 2.86. The summed E-state index contributed by atoms with van der Waals surface area (Å²) >= 11 is 0. The van der Waals surface area contributed by atoms with Gasteiger partial charge in [0.25, 0.3) is 0 Å². The van der Waals surface area contributed by atoms with Crippen LogP contribution >= 0.6 is 0 Å². The van der Waals surface area contributed by atoms with Gasteiger partial charge in [-0.1, -0.05) is 6.07 Å². The molecule has 1 N–H and O–H groups in total. The standard InChI is InChI=1S/C21H31N3O5/c1-4-22-21(26)24-13-16(15-5-6-18(27-2)19(12-15)28-3)11-17(14-24)20(25)23-7-9-29-10-8-23/h5-6,12,16-17H,4,7-11,13-14H2,1-3H3,(H,22,26)/t16-,17+/m0/s1. The Bertz CT molecular complexity index is 720. The number of benzene rings is 1. The number of carbonyl (C=O) groups excluding carboxylic acids is 2. The summed E-state index contributed by atoms with van der Waals surface area (Å²) in [6, 6.07) is 5.68. The number of urea groups is 1. The van der Waals surface area contributed by atoms with Crippen molar-refractivity contribution in [1.29, 1.82) is 0 Å². The number of hydrogen-bond acceptors (Lipinski definition) is 5. The van der Waals surface area contributed by atoms with Crippen LogP contribution in [0.2, 0.25) is 0 Å². The number of ether oxygens (including phenoxy) is 3. The second kappa shape index (κ2) is 9.82. The fourth-order valence-corrected chi connectivity index (χ4v) is 4.10. The SMILES string of the molecule is CCNC(=O)N1C[C@H](C(=O)N2CCOCC2)C[C@H](c2ccc(OC)c(OC)c2)C1. The number of morpholine rings is 1. The van der Waals surface area contributed by atoms with Crippen LogP contribution in [0.3, 0.4) is 0 Å². The molecule has 0 aliphatic carbocycles. The molecule has 1 aromatic rings. The van der Waals surface area contributed by atoms with Gasteiger partial charge in [-0.2, -0.15) is 0 Å². The Morgan fingerprint density at radius 3 is 2.48 bits per heavy atom. The first-order valence-electron chi connectivity index (χ1n) is 10.2. The zero-order valence-electron chi connectivity index (χ0n) is 17.5. The molecule has 1 aromatic carbocycles. The molecule has 2 saturated heterocycles. The second-order valence-electron chi connectivity index (χ2n) is 7.42. The minimum atomic E-state index is -0.234. The first kappa shape index (κ1) is 21.2.